The summed E-state index contributed by atoms with van der Waals surface area (Å²) in [6.07, 6.45) is 2.26. The highest BCUT2D eigenvalue weighted by Crippen LogP contribution is 2.33. The summed E-state index contributed by atoms with van der Waals surface area (Å²) in [7, 11) is 1.59. The highest BCUT2D eigenvalue weighted by molar-refractivity contribution is 8.18. The Morgan fingerprint density at radius 2 is 2.08 bits per heavy atom. The van der Waals surface area contributed by atoms with Crippen LogP contribution in [0.15, 0.2) is 21.5 Å². The van der Waals surface area contributed by atoms with E-state index >= 15 is 0 Å². The molecule has 0 saturated carbocycles. The molecule has 2 amide bonds. The van der Waals surface area contributed by atoms with Gasteiger partial charge in [-0.25, -0.2) is 0 Å². The summed E-state index contributed by atoms with van der Waals surface area (Å²) in [5.74, 6) is 1.05. The van der Waals surface area contributed by atoms with Gasteiger partial charge in [-0.15, -0.1) is 0 Å². The van der Waals surface area contributed by atoms with Crippen LogP contribution in [0, 0.1) is 0 Å². The maximum atomic E-state index is 12.3. The van der Waals surface area contributed by atoms with Crippen molar-refractivity contribution in [2.75, 3.05) is 51.5 Å². The van der Waals surface area contributed by atoms with E-state index in [2.05, 4.69) is 4.90 Å². The lowest BCUT2D eigenvalue weighted by atomic mass is 10.3. The van der Waals surface area contributed by atoms with Gasteiger partial charge < -0.3 is 18.8 Å². The molecule has 0 aliphatic carbocycles. The van der Waals surface area contributed by atoms with E-state index in [0.29, 0.717) is 43.5 Å². The summed E-state index contributed by atoms with van der Waals surface area (Å²) in [4.78, 5) is 28.0. The maximum Gasteiger partial charge on any atom is 0.293 e. The summed E-state index contributed by atoms with van der Waals surface area (Å²) in [5.41, 5.74) is 0. The second kappa shape index (κ2) is 7.87. The summed E-state index contributed by atoms with van der Waals surface area (Å²) in [6.45, 7) is 3.80. The number of furan rings is 1. The number of hydrogen-bond donors (Lipinski definition) is 0. The van der Waals surface area contributed by atoms with Crippen LogP contribution in [0.2, 0.25) is 0 Å². The van der Waals surface area contributed by atoms with E-state index in [1.165, 1.54) is 4.90 Å². The molecular formula is C16H20N2O5S. The zero-order valence-electron chi connectivity index (χ0n) is 13.5. The van der Waals surface area contributed by atoms with Gasteiger partial charge in [-0.2, -0.15) is 0 Å². The molecule has 1 aromatic heterocycles. The number of hydrogen-bond acceptors (Lipinski definition) is 7. The van der Waals surface area contributed by atoms with Gasteiger partial charge in [0.25, 0.3) is 11.1 Å². The van der Waals surface area contributed by atoms with Crippen molar-refractivity contribution in [3.8, 4) is 0 Å². The molecule has 2 saturated heterocycles. The van der Waals surface area contributed by atoms with Gasteiger partial charge in [0.15, 0.2) is 5.88 Å². The van der Waals surface area contributed by atoms with Gasteiger partial charge in [0.2, 0.25) is 0 Å². The van der Waals surface area contributed by atoms with E-state index in [9.17, 15) is 9.59 Å². The second-order valence-electron chi connectivity index (χ2n) is 5.46. The summed E-state index contributed by atoms with van der Waals surface area (Å²) in [6, 6.07) is 3.68. The molecule has 7 nitrogen and oxygen atoms in total. The molecule has 3 heterocycles. The Kier molecular flexibility index (Phi) is 5.60. The first-order chi connectivity index (χ1) is 11.7. The van der Waals surface area contributed by atoms with Crippen LogP contribution >= 0.6 is 11.8 Å². The number of methoxy groups -OCH3 is 1. The molecule has 0 aromatic carbocycles. The maximum absolute atomic E-state index is 12.3. The topological polar surface area (TPSA) is 72.2 Å². The zero-order valence-corrected chi connectivity index (χ0v) is 14.3. The third kappa shape index (κ3) is 3.82. The van der Waals surface area contributed by atoms with Gasteiger partial charge in [0.1, 0.15) is 5.76 Å². The molecule has 2 aliphatic heterocycles. The zero-order chi connectivity index (χ0) is 16.9. The summed E-state index contributed by atoms with van der Waals surface area (Å²) >= 11 is 0.944. The Bertz CT molecular complexity index is 636. The first-order valence-electron chi connectivity index (χ1n) is 7.86. The smallest absolute Gasteiger partial charge is 0.293 e. The molecule has 24 heavy (non-hydrogen) atoms. The van der Waals surface area contributed by atoms with Crippen molar-refractivity contribution in [2.45, 2.75) is 6.42 Å². The summed E-state index contributed by atoms with van der Waals surface area (Å²) < 4.78 is 16.1. The SMILES string of the molecule is COCCCN1C(=O)S/C(=C/c2ccc(N3CCOCC3)o2)C1=O. The Balaban J connectivity index is 1.66. The Morgan fingerprint density at radius 3 is 2.83 bits per heavy atom. The fourth-order valence-electron chi connectivity index (χ4n) is 2.56. The van der Waals surface area contributed by atoms with Crippen molar-refractivity contribution in [3.05, 3.63) is 22.8 Å². The molecular weight excluding hydrogens is 332 g/mol. The van der Waals surface area contributed by atoms with Crippen molar-refractivity contribution >= 4 is 34.9 Å². The number of nitrogens with zero attached hydrogens (tertiary/aromatic N) is 2. The number of imide groups is 1. The standard InChI is InChI=1S/C16H20N2O5S/c1-21-8-2-5-18-15(19)13(24-16(18)20)11-12-3-4-14(23-12)17-6-9-22-10-7-17/h3-4,11H,2,5-10H2,1H3/b13-11+. The molecule has 130 valence electrons. The summed E-state index contributed by atoms with van der Waals surface area (Å²) in [5, 5.41) is -0.248. The van der Waals surface area contributed by atoms with E-state index in [4.69, 9.17) is 13.9 Å². The van der Waals surface area contributed by atoms with Crippen LogP contribution in [0.25, 0.3) is 6.08 Å². The van der Waals surface area contributed by atoms with Crippen molar-refractivity contribution in [2.24, 2.45) is 0 Å². The third-order valence-electron chi connectivity index (χ3n) is 3.81. The minimum atomic E-state index is -0.273. The lowest BCUT2D eigenvalue weighted by Gasteiger charge is -2.26. The fraction of sp³-hybridized carbons (Fsp3) is 0.500. The second-order valence-corrected chi connectivity index (χ2v) is 6.45. The normalized spacial score (nSPS) is 20.5. The van der Waals surface area contributed by atoms with Crippen LogP contribution < -0.4 is 4.90 Å². The van der Waals surface area contributed by atoms with Gasteiger partial charge >= 0.3 is 0 Å². The van der Waals surface area contributed by atoms with E-state index in [-0.39, 0.29) is 11.1 Å². The highest BCUT2D eigenvalue weighted by atomic mass is 32.2. The third-order valence-corrected chi connectivity index (χ3v) is 4.72. The molecule has 3 rings (SSSR count). The van der Waals surface area contributed by atoms with Gasteiger partial charge in [-0.3, -0.25) is 14.5 Å². The number of amides is 2. The number of morpholine rings is 1. The molecule has 0 bridgehead atoms. The number of carbonyl (C=O) groups is 2. The molecule has 2 fully saturated rings. The van der Waals surface area contributed by atoms with E-state index < -0.39 is 0 Å². The Morgan fingerprint density at radius 1 is 1.29 bits per heavy atom. The number of anilines is 1. The predicted octanol–water partition coefficient (Wildman–Crippen LogP) is 2.19. The quantitative estimate of drug-likeness (QED) is 0.574. The van der Waals surface area contributed by atoms with Crippen molar-refractivity contribution in [3.63, 3.8) is 0 Å². The van der Waals surface area contributed by atoms with Gasteiger partial charge in [0.05, 0.1) is 18.1 Å². The van der Waals surface area contributed by atoms with Gasteiger partial charge in [-0.05, 0) is 24.2 Å². The lowest BCUT2D eigenvalue weighted by molar-refractivity contribution is -0.122. The van der Waals surface area contributed by atoms with Crippen LogP contribution in [0.4, 0.5) is 10.7 Å². The van der Waals surface area contributed by atoms with Crippen molar-refractivity contribution < 1.29 is 23.5 Å². The number of carbonyl (C=O) groups excluding carboxylic acids is 2. The Hall–Kier alpha value is -1.77. The largest absolute Gasteiger partial charge is 0.441 e. The van der Waals surface area contributed by atoms with Crippen LogP contribution in [0.3, 0.4) is 0 Å². The average molecular weight is 352 g/mol. The molecule has 0 N–H and O–H groups in total. The van der Waals surface area contributed by atoms with Crippen LogP contribution in [-0.2, 0) is 14.3 Å². The first-order valence-corrected chi connectivity index (χ1v) is 8.67. The minimum absolute atomic E-state index is 0.248. The van der Waals surface area contributed by atoms with E-state index in [1.54, 1.807) is 13.2 Å². The van der Waals surface area contributed by atoms with Crippen LogP contribution in [-0.4, -0.2) is 62.6 Å². The number of ether oxygens (including phenoxy) is 2. The molecule has 0 spiro atoms. The molecule has 0 radical (unpaired) electrons. The van der Waals surface area contributed by atoms with Crippen molar-refractivity contribution in [1.29, 1.82) is 0 Å². The van der Waals surface area contributed by atoms with E-state index in [1.807, 2.05) is 12.1 Å². The number of thioether (sulfide) groups is 1. The molecule has 2 aliphatic rings. The van der Waals surface area contributed by atoms with E-state index in [0.717, 1.165) is 30.7 Å². The van der Waals surface area contributed by atoms with Gasteiger partial charge in [0, 0.05) is 45.5 Å². The minimum Gasteiger partial charge on any atom is -0.441 e. The average Bonchev–Trinajstić information content (AvgIpc) is 3.16. The fourth-order valence-corrected chi connectivity index (χ4v) is 3.41. The monoisotopic (exact) mass is 352 g/mol. The van der Waals surface area contributed by atoms with Crippen molar-refractivity contribution in [1.82, 2.24) is 4.90 Å². The Labute approximate surface area is 144 Å². The molecule has 8 heteroatoms. The highest BCUT2D eigenvalue weighted by Gasteiger charge is 2.34. The lowest BCUT2D eigenvalue weighted by Crippen LogP contribution is -2.35. The van der Waals surface area contributed by atoms with Gasteiger partial charge in [-0.1, -0.05) is 0 Å². The molecule has 1 aromatic rings. The van der Waals surface area contributed by atoms with Crippen LogP contribution in [0.5, 0.6) is 0 Å². The molecule has 0 atom stereocenters. The predicted molar refractivity (Wildman–Crippen MR) is 90.9 cm³/mol. The van der Waals surface area contributed by atoms with Crippen LogP contribution in [0.1, 0.15) is 12.2 Å². The first kappa shape index (κ1) is 17.1. The number of rotatable bonds is 6. The molecule has 0 unspecified atom stereocenters.